The number of nitrogens with zero attached hydrogens (tertiary/aromatic N) is 1. The zero-order chi connectivity index (χ0) is 20.5. The maximum absolute atomic E-state index is 13.1. The zero-order valence-electron chi connectivity index (χ0n) is 16.6. The van der Waals surface area contributed by atoms with Crippen molar-refractivity contribution < 1.29 is 19.5 Å². The largest absolute Gasteiger partial charge is 0.481 e. The Kier molecular flexibility index (Phi) is 6.03. The van der Waals surface area contributed by atoms with Gasteiger partial charge in [-0.05, 0) is 36.0 Å². The fraction of sp³-hybridized carbons (Fsp3) is 0.571. The Bertz CT molecular complexity index is 757. The van der Waals surface area contributed by atoms with Crippen molar-refractivity contribution in [3.05, 3.63) is 35.4 Å². The highest BCUT2D eigenvalue weighted by Gasteiger charge is 2.50. The number of unbranched alkanes of at least 4 members (excludes halogenated alkanes) is 1. The third-order valence-corrected chi connectivity index (χ3v) is 6.95. The molecular weight excluding hydrogens is 376 g/mol. The van der Waals surface area contributed by atoms with Crippen LogP contribution >= 0.6 is 11.8 Å². The molecule has 2 saturated heterocycles. The Morgan fingerprint density at radius 3 is 2.50 bits per heavy atom. The Labute approximate surface area is 170 Å². The first kappa shape index (κ1) is 20.7. The van der Waals surface area contributed by atoms with E-state index in [1.165, 1.54) is 4.90 Å². The van der Waals surface area contributed by atoms with Crippen LogP contribution in [0.4, 0.5) is 4.79 Å². The molecular formula is C21H28N2O4S. The molecule has 0 bridgehead atoms. The number of fused-ring (bicyclic) bond motifs is 1. The van der Waals surface area contributed by atoms with Crippen LogP contribution in [0.3, 0.4) is 0 Å². The number of hydrogen-bond acceptors (Lipinski definition) is 4. The van der Waals surface area contributed by atoms with Crippen LogP contribution in [-0.4, -0.2) is 51.0 Å². The lowest BCUT2D eigenvalue weighted by molar-refractivity contribution is -0.137. The molecule has 0 radical (unpaired) electrons. The van der Waals surface area contributed by atoms with E-state index in [0.717, 1.165) is 24.2 Å². The van der Waals surface area contributed by atoms with Crippen LogP contribution in [0.25, 0.3) is 0 Å². The van der Waals surface area contributed by atoms with Crippen molar-refractivity contribution >= 4 is 29.7 Å². The molecule has 7 heteroatoms. The first-order chi connectivity index (χ1) is 13.2. The van der Waals surface area contributed by atoms with E-state index >= 15 is 0 Å². The molecule has 1 aromatic rings. The Morgan fingerprint density at radius 1 is 1.21 bits per heavy atom. The Morgan fingerprint density at radius 2 is 1.89 bits per heavy atom. The molecule has 0 saturated carbocycles. The SMILES string of the molecule is CC(C)(C)c1ccc(C(=O)N2C(=O)N[C@@H]3CS[C@H](CCCCC(=O)O)[C@@H]32)cc1. The van der Waals surface area contributed by atoms with Crippen LogP contribution in [0.1, 0.15) is 62.4 Å². The molecule has 0 unspecified atom stereocenters. The number of thioether (sulfide) groups is 1. The van der Waals surface area contributed by atoms with Crippen LogP contribution in [0.15, 0.2) is 24.3 Å². The van der Waals surface area contributed by atoms with E-state index < -0.39 is 5.97 Å². The van der Waals surface area contributed by atoms with Crippen LogP contribution in [0.2, 0.25) is 0 Å². The molecule has 0 aromatic heterocycles. The number of carbonyl (C=O) groups excluding carboxylic acids is 2. The Hall–Kier alpha value is -2.02. The average Bonchev–Trinajstić information content (AvgIpc) is 3.15. The third-order valence-electron chi connectivity index (χ3n) is 5.45. The molecule has 2 aliphatic rings. The fourth-order valence-corrected chi connectivity index (χ4v) is 5.45. The number of amides is 3. The molecule has 152 valence electrons. The van der Waals surface area contributed by atoms with Gasteiger partial charge in [-0.3, -0.25) is 14.5 Å². The molecule has 2 heterocycles. The number of nitrogens with one attached hydrogen (secondary N) is 1. The lowest BCUT2D eigenvalue weighted by Gasteiger charge is -2.26. The summed E-state index contributed by atoms with van der Waals surface area (Å²) in [6.07, 6.45) is 2.36. The number of carboxylic acid groups (broad SMARTS) is 1. The summed E-state index contributed by atoms with van der Waals surface area (Å²) in [5.41, 5.74) is 1.66. The van der Waals surface area contributed by atoms with Gasteiger partial charge in [-0.25, -0.2) is 4.79 Å². The van der Waals surface area contributed by atoms with Gasteiger partial charge in [-0.15, -0.1) is 0 Å². The maximum atomic E-state index is 13.1. The van der Waals surface area contributed by atoms with Gasteiger partial charge in [0.25, 0.3) is 5.91 Å². The second kappa shape index (κ2) is 8.15. The van der Waals surface area contributed by atoms with Crippen molar-refractivity contribution in [3.8, 4) is 0 Å². The van der Waals surface area contributed by atoms with E-state index in [9.17, 15) is 14.4 Å². The van der Waals surface area contributed by atoms with Crippen LogP contribution in [0, 0.1) is 0 Å². The summed E-state index contributed by atoms with van der Waals surface area (Å²) >= 11 is 1.76. The van der Waals surface area contributed by atoms with Crippen LogP contribution in [0.5, 0.6) is 0 Å². The van der Waals surface area contributed by atoms with Gasteiger partial charge in [0.1, 0.15) is 0 Å². The van der Waals surface area contributed by atoms with Crippen molar-refractivity contribution in [2.75, 3.05) is 5.75 Å². The predicted molar refractivity (Wildman–Crippen MR) is 110 cm³/mol. The van der Waals surface area contributed by atoms with E-state index in [2.05, 4.69) is 26.1 Å². The van der Waals surface area contributed by atoms with Crippen LogP contribution in [-0.2, 0) is 10.2 Å². The number of carboxylic acids is 1. The molecule has 1 aromatic carbocycles. The summed E-state index contributed by atoms with van der Waals surface area (Å²) in [7, 11) is 0. The standard InChI is InChI=1S/C21H28N2O4S/c1-21(2,3)14-10-8-13(9-11-14)19(26)23-18-15(22-20(23)27)12-28-16(18)6-4-5-7-17(24)25/h8-11,15-16,18H,4-7,12H2,1-3H3,(H,22,27)(H,24,25)/t15-,16-,18-/m1/s1. The number of benzene rings is 1. The highest BCUT2D eigenvalue weighted by atomic mass is 32.2. The molecule has 3 amide bonds. The molecule has 28 heavy (non-hydrogen) atoms. The lowest BCUT2D eigenvalue weighted by atomic mass is 9.86. The smallest absolute Gasteiger partial charge is 0.325 e. The number of urea groups is 1. The minimum atomic E-state index is -0.787. The number of carbonyl (C=O) groups is 3. The molecule has 0 aliphatic carbocycles. The molecule has 0 spiro atoms. The third kappa shape index (κ3) is 4.35. The predicted octanol–water partition coefficient (Wildman–Crippen LogP) is 3.65. The quantitative estimate of drug-likeness (QED) is 0.558. The number of rotatable bonds is 6. The van der Waals surface area contributed by atoms with Gasteiger partial charge in [0, 0.05) is 23.0 Å². The van der Waals surface area contributed by atoms with Gasteiger partial charge < -0.3 is 10.4 Å². The molecule has 3 atom stereocenters. The molecule has 2 fully saturated rings. The van der Waals surface area contributed by atoms with E-state index in [4.69, 9.17) is 5.11 Å². The molecule has 2 N–H and O–H groups in total. The van der Waals surface area contributed by atoms with E-state index in [-0.39, 0.29) is 41.1 Å². The number of aliphatic carboxylic acids is 1. The zero-order valence-corrected chi connectivity index (χ0v) is 17.4. The monoisotopic (exact) mass is 404 g/mol. The number of imide groups is 1. The van der Waals surface area contributed by atoms with Gasteiger partial charge in [0.05, 0.1) is 12.1 Å². The van der Waals surface area contributed by atoms with Crippen LogP contribution < -0.4 is 5.32 Å². The van der Waals surface area contributed by atoms with Gasteiger partial charge in [0.15, 0.2) is 0 Å². The van der Waals surface area contributed by atoms with Crippen molar-refractivity contribution in [2.24, 2.45) is 0 Å². The first-order valence-electron chi connectivity index (χ1n) is 9.76. The van der Waals surface area contributed by atoms with Crippen molar-refractivity contribution in [3.63, 3.8) is 0 Å². The summed E-state index contributed by atoms with van der Waals surface area (Å²) < 4.78 is 0. The Balaban J connectivity index is 1.71. The normalized spacial score (nSPS) is 24.2. The van der Waals surface area contributed by atoms with Crippen molar-refractivity contribution in [1.29, 1.82) is 0 Å². The summed E-state index contributed by atoms with van der Waals surface area (Å²) in [6, 6.07) is 6.98. The second-order valence-electron chi connectivity index (χ2n) is 8.56. The van der Waals surface area contributed by atoms with E-state index in [0.29, 0.717) is 12.0 Å². The minimum Gasteiger partial charge on any atom is -0.481 e. The topological polar surface area (TPSA) is 86.7 Å². The summed E-state index contributed by atoms with van der Waals surface area (Å²) in [5.74, 6) is -0.263. The van der Waals surface area contributed by atoms with E-state index in [1.807, 2.05) is 12.1 Å². The highest BCUT2D eigenvalue weighted by molar-refractivity contribution is 8.00. The lowest BCUT2D eigenvalue weighted by Crippen LogP contribution is -2.44. The first-order valence-corrected chi connectivity index (χ1v) is 10.8. The maximum Gasteiger partial charge on any atom is 0.325 e. The highest BCUT2D eigenvalue weighted by Crippen LogP contribution is 2.38. The molecule has 6 nitrogen and oxygen atoms in total. The minimum absolute atomic E-state index is 0.000826. The average molecular weight is 405 g/mol. The molecule has 3 rings (SSSR count). The van der Waals surface area contributed by atoms with Gasteiger partial charge in [-0.1, -0.05) is 39.3 Å². The molecule has 2 aliphatic heterocycles. The van der Waals surface area contributed by atoms with Crippen molar-refractivity contribution in [1.82, 2.24) is 10.2 Å². The summed E-state index contributed by atoms with van der Waals surface area (Å²) in [5, 5.41) is 11.9. The van der Waals surface area contributed by atoms with E-state index in [1.54, 1.807) is 23.9 Å². The number of hydrogen-bond donors (Lipinski definition) is 2. The van der Waals surface area contributed by atoms with Crippen molar-refractivity contribution in [2.45, 2.75) is 69.2 Å². The fourth-order valence-electron chi connectivity index (χ4n) is 3.88. The second-order valence-corrected chi connectivity index (χ2v) is 9.83. The van der Waals surface area contributed by atoms with Gasteiger partial charge in [0.2, 0.25) is 0 Å². The summed E-state index contributed by atoms with van der Waals surface area (Å²) in [6.45, 7) is 6.35. The van der Waals surface area contributed by atoms with Gasteiger partial charge in [-0.2, -0.15) is 11.8 Å². The summed E-state index contributed by atoms with van der Waals surface area (Å²) in [4.78, 5) is 37.7. The van der Waals surface area contributed by atoms with Gasteiger partial charge >= 0.3 is 12.0 Å².